The zero-order valence-corrected chi connectivity index (χ0v) is 20.4. The van der Waals surface area contributed by atoms with Gasteiger partial charge in [0.25, 0.3) is 0 Å². The van der Waals surface area contributed by atoms with Crippen molar-refractivity contribution in [2.45, 2.75) is 63.4 Å². The molecule has 0 bridgehead atoms. The van der Waals surface area contributed by atoms with E-state index in [0.717, 1.165) is 5.56 Å². The van der Waals surface area contributed by atoms with Gasteiger partial charge < -0.3 is 19.6 Å². The zero-order chi connectivity index (χ0) is 23.1. The summed E-state index contributed by atoms with van der Waals surface area (Å²) in [6.07, 6.45) is 4.69. The van der Waals surface area contributed by atoms with Crippen molar-refractivity contribution in [3.8, 4) is 0 Å². The number of hydrogen-bond donors (Lipinski definition) is 1. The Morgan fingerprint density at radius 1 is 1.16 bits per heavy atom. The molecular formula is C24H33N3O4Si. The molecule has 1 saturated heterocycles. The van der Waals surface area contributed by atoms with Crippen molar-refractivity contribution in [1.29, 1.82) is 0 Å². The van der Waals surface area contributed by atoms with Gasteiger partial charge in [0.05, 0.1) is 24.9 Å². The Hall–Kier alpha value is -2.26. The Morgan fingerprint density at radius 2 is 1.88 bits per heavy atom. The van der Waals surface area contributed by atoms with Crippen LogP contribution in [0.1, 0.15) is 38.7 Å². The summed E-state index contributed by atoms with van der Waals surface area (Å²) in [5, 5.41) is 0.00251. The van der Waals surface area contributed by atoms with Crippen LogP contribution < -0.4 is 11.4 Å². The van der Waals surface area contributed by atoms with Gasteiger partial charge in [-0.1, -0.05) is 63.3 Å². The van der Waals surface area contributed by atoms with Gasteiger partial charge in [0.15, 0.2) is 14.6 Å². The molecule has 2 aliphatic rings. The number of rotatable bonds is 4. The summed E-state index contributed by atoms with van der Waals surface area (Å²) in [5.41, 5.74) is 6.30. The van der Waals surface area contributed by atoms with E-state index in [1.807, 2.05) is 36.4 Å². The Balaban J connectivity index is 1.73. The molecule has 172 valence electrons. The fourth-order valence-corrected chi connectivity index (χ4v) is 5.27. The van der Waals surface area contributed by atoms with E-state index in [2.05, 4.69) is 44.9 Å². The first-order valence-electron chi connectivity index (χ1n) is 11.1. The second-order valence-electron chi connectivity index (χ2n) is 10.1. The Morgan fingerprint density at radius 3 is 2.53 bits per heavy atom. The Labute approximate surface area is 190 Å². The van der Waals surface area contributed by atoms with E-state index < -0.39 is 20.3 Å². The molecule has 4 rings (SSSR count). The summed E-state index contributed by atoms with van der Waals surface area (Å²) in [4.78, 5) is 16.7. The minimum absolute atomic E-state index is 0.00251. The molecule has 0 saturated carbocycles. The third-order valence-corrected chi connectivity index (χ3v) is 11.3. The summed E-state index contributed by atoms with van der Waals surface area (Å²) in [5.74, 6) is 0.246. The van der Waals surface area contributed by atoms with Crippen LogP contribution in [0.3, 0.4) is 0 Å². The molecule has 7 nitrogen and oxygen atoms in total. The average Bonchev–Trinajstić information content (AvgIpc) is 2.74. The van der Waals surface area contributed by atoms with E-state index in [-0.39, 0.29) is 35.0 Å². The minimum atomic E-state index is -2.19. The normalized spacial score (nSPS) is 28.3. The summed E-state index contributed by atoms with van der Waals surface area (Å²) >= 11 is 0. The lowest BCUT2D eigenvalue weighted by Gasteiger charge is -2.48. The summed E-state index contributed by atoms with van der Waals surface area (Å²) in [6, 6.07) is 11.2. The fraction of sp³-hybridized carbons (Fsp3) is 0.500. The first-order chi connectivity index (χ1) is 15.1. The molecular weight excluding hydrogens is 422 g/mol. The average molecular weight is 456 g/mol. The van der Waals surface area contributed by atoms with Gasteiger partial charge >= 0.3 is 5.69 Å². The highest BCUT2D eigenvalue weighted by molar-refractivity contribution is 6.74. The molecule has 0 radical (unpaired) electrons. The smallest absolute Gasteiger partial charge is 0.350 e. The number of nitrogens with two attached hydrogens (primary N) is 1. The van der Waals surface area contributed by atoms with E-state index in [1.54, 1.807) is 16.8 Å². The lowest BCUT2D eigenvalue weighted by molar-refractivity contribution is -0.257. The molecule has 0 amide bonds. The minimum Gasteiger partial charge on any atom is -0.409 e. The highest BCUT2D eigenvalue weighted by Gasteiger charge is 2.48. The molecule has 2 N–H and O–H groups in total. The first kappa shape index (κ1) is 22.9. The lowest BCUT2D eigenvalue weighted by Crippen LogP contribution is -2.56. The van der Waals surface area contributed by atoms with Crippen molar-refractivity contribution in [3.05, 3.63) is 70.8 Å². The second-order valence-corrected chi connectivity index (χ2v) is 14.9. The predicted octanol–water partition coefficient (Wildman–Crippen LogP) is 4.06. The van der Waals surface area contributed by atoms with Crippen LogP contribution >= 0.6 is 0 Å². The van der Waals surface area contributed by atoms with Gasteiger partial charge in [-0.15, -0.1) is 0 Å². The predicted molar refractivity (Wildman–Crippen MR) is 127 cm³/mol. The number of aromatic nitrogens is 2. The third-order valence-electron chi connectivity index (χ3n) is 6.84. The van der Waals surface area contributed by atoms with Crippen LogP contribution in [0.15, 0.2) is 59.5 Å². The molecule has 2 heterocycles. The van der Waals surface area contributed by atoms with Crippen LogP contribution in [0.25, 0.3) is 0 Å². The number of benzene rings is 1. The van der Waals surface area contributed by atoms with Crippen LogP contribution in [0, 0.1) is 5.92 Å². The van der Waals surface area contributed by atoms with E-state index in [1.165, 1.54) is 0 Å². The maximum Gasteiger partial charge on any atom is 0.350 e. The molecule has 5 atom stereocenters. The molecule has 0 spiro atoms. The van der Waals surface area contributed by atoms with Crippen molar-refractivity contribution in [1.82, 2.24) is 9.55 Å². The summed E-state index contributed by atoms with van der Waals surface area (Å²) in [6.45, 7) is 11.6. The van der Waals surface area contributed by atoms with Crippen LogP contribution in [-0.4, -0.2) is 36.7 Å². The largest absolute Gasteiger partial charge is 0.409 e. The molecule has 32 heavy (non-hydrogen) atoms. The highest BCUT2D eigenvalue weighted by atomic mass is 28.4. The maximum absolute atomic E-state index is 12.7. The van der Waals surface area contributed by atoms with Crippen molar-refractivity contribution in [2.24, 2.45) is 5.92 Å². The number of ether oxygens (including phenoxy) is 2. The maximum atomic E-state index is 12.7. The molecule has 1 aromatic heterocycles. The van der Waals surface area contributed by atoms with E-state index >= 15 is 0 Å². The number of anilines is 1. The topological polar surface area (TPSA) is 88.6 Å². The van der Waals surface area contributed by atoms with Gasteiger partial charge in [-0.3, -0.25) is 4.57 Å². The molecule has 8 heteroatoms. The Kier molecular flexibility index (Phi) is 6.15. The van der Waals surface area contributed by atoms with Gasteiger partial charge in [-0.2, -0.15) is 4.98 Å². The number of hydrogen-bond acceptors (Lipinski definition) is 6. The quantitative estimate of drug-likeness (QED) is 0.553. The van der Waals surface area contributed by atoms with Gasteiger partial charge in [-0.05, 0) is 24.2 Å². The number of nitrogen functional groups attached to an aromatic ring is 1. The number of fused-ring (bicyclic) bond motifs is 1. The Bertz CT molecular complexity index is 1030. The van der Waals surface area contributed by atoms with Crippen molar-refractivity contribution in [3.63, 3.8) is 0 Å². The van der Waals surface area contributed by atoms with Crippen LogP contribution in [0.5, 0.6) is 0 Å². The molecule has 2 aromatic rings. The molecule has 1 aliphatic carbocycles. The molecule has 1 fully saturated rings. The highest BCUT2D eigenvalue weighted by Crippen LogP contribution is 2.44. The summed E-state index contributed by atoms with van der Waals surface area (Å²) in [7, 11) is -2.19. The van der Waals surface area contributed by atoms with E-state index in [9.17, 15) is 4.79 Å². The van der Waals surface area contributed by atoms with Crippen LogP contribution in [-0.2, 0) is 13.9 Å². The second kappa shape index (κ2) is 8.59. The van der Waals surface area contributed by atoms with Gasteiger partial charge in [-0.25, -0.2) is 4.79 Å². The van der Waals surface area contributed by atoms with Gasteiger partial charge in [0, 0.05) is 17.7 Å². The molecule has 1 aromatic carbocycles. The monoisotopic (exact) mass is 455 g/mol. The third kappa shape index (κ3) is 4.45. The fourth-order valence-electron chi connectivity index (χ4n) is 3.97. The molecule has 1 unspecified atom stereocenters. The van der Waals surface area contributed by atoms with Crippen molar-refractivity contribution >= 4 is 14.1 Å². The van der Waals surface area contributed by atoms with Gasteiger partial charge in [0.2, 0.25) is 0 Å². The summed E-state index contributed by atoms with van der Waals surface area (Å²) < 4.78 is 21.1. The number of nitrogens with zero attached hydrogens (tertiary/aromatic N) is 2. The van der Waals surface area contributed by atoms with E-state index in [0.29, 0.717) is 6.61 Å². The molecule has 1 aliphatic heterocycles. The first-order valence-corrected chi connectivity index (χ1v) is 14.0. The standard InChI is InChI=1S/C24H33N3O4Si/c1-24(2,3)32(4,5)31-21-18(27-14-13-19(25)26-23(27)28)12-11-17-15-29-22(30-20(17)21)16-9-7-6-8-10-16/h6-14,17-18,20-22H,15H2,1-5H3,(H2,25,26,28)/t17-,18-,20-,21-,22?/m1/s1. The van der Waals surface area contributed by atoms with E-state index in [4.69, 9.17) is 19.6 Å². The van der Waals surface area contributed by atoms with Gasteiger partial charge in [0.1, 0.15) is 5.82 Å². The van der Waals surface area contributed by atoms with Crippen molar-refractivity contribution in [2.75, 3.05) is 12.3 Å². The van der Waals surface area contributed by atoms with Crippen LogP contribution in [0.2, 0.25) is 18.1 Å². The zero-order valence-electron chi connectivity index (χ0n) is 19.4. The van der Waals surface area contributed by atoms with Crippen LogP contribution in [0.4, 0.5) is 5.82 Å². The lowest BCUT2D eigenvalue weighted by atomic mass is 9.86. The SMILES string of the molecule is CC(C)(C)[Si](C)(C)O[C@H]1[C@@H]2OC(c3ccccc3)OC[C@H]2C=C[C@H]1n1ccc(N)nc1=O. The van der Waals surface area contributed by atoms with Crippen molar-refractivity contribution < 1.29 is 13.9 Å².